The number of hydrogen-bond donors (Lipinski definition) is 0. The summed E-state index contributed by atoms with van der Waals surface area (Å²) in [6, 6.07) is 11.6. The van der Waals surface area contributed by atoms with Crippen LogP contribution < -0.4 is 0 Å². The van der Waals surface area contributed by atoms with E-state index in [0.717, 1.165) is 5.56 Å². The van der Waals surface area contributed by atoms with Crippen molar-refractivity contribution in [3.05, 3.63) is 42.0 Å². The van der Waals surface area contributed by atoms with Gasteiger partial charge in [0.15, 0.2) is 0 Å². The Morgan fingerprint density at radius 2 is 2.30 bits per heavy atom. The molecule has 0 aliphatic heterocycles. The molecule has 0 heterocycles. The second-order valence-electron chi connectivity index (χ2n) is 1.75. The van der Waals surface area contributed by atoms with E-state index in [1.54, 1.807) is 0 Å². The van der Waals surface area contributed by atoms with Gasteiger partial charge in [0.25, 0.3) is 0 Å². The van der Waals surface area contributed by atoms with Crippen molar-refractivity contribution in [1.82, 2.24) is 0 Å². The van der Waals surface area contributed by atoms with Gasteiger partial charge in [0.2, 0.25) is 0 Å². The SMILES string of the molecule is C/C=C/c1c#cccc1.[Mo]. The van der Waals surface area contributed by atoms with Crippen LogP contribution in [0.1, 0.15) is 12.5 Å². The van der Waals surface area contributed by atoms with E-state index in [1.807, 2.05) is 37.3 Å². The molecule has 1 rings (SSSR count). The minimum absolute atomic E-state index is 0. The van der Waals surface area contributed by atoms with Crippen molar-refractivity contribution in [2.75, 3.05) is 0 Å². The average Bonchev–Trinajstić information content (AvgIpc) is 1.91. The van der Waals surface area contributed by atoms with Crippen LogP contribution in [-0.2, 0) is 21.1 Å². The van der Waals surface area contributed by atoms with Crippen molar-refractivity contribution in [1.29, 1.82) is 0 Å². The standard InChI is InChI=1S/C9H8.Mo/c1-2-6-9-7-4-3-5-8-9;/h2-4,6-7H,1H3;/b6-2+;. The summed E-state index contributed by atoms with van der Waals surface area (Å²) in [5.41, 5.74) is 1.08. The van der Waals surface area contributed by atoms with E-state index in [1.165, 1.54) is 0 Å². The maximum atomic E-state index is 2.96. The molecular formula is C9H8Mo. The maximum Gasteiger partial charge on any atom is 0.0245 e. The van der Waals surface area contributed by atoms with Crippen LogP contribution in [0.3, 0.4) is 0 Å². The van der Waals surface area contributed by atoms with Gasteiger partial charge in [-0.3, -0.25) is 0 Å². The van der Waals surface area contributed by atoms with Crippen LogP contribution in [0.4, 0.5) is 0 Å². The number of rotatable bonds is 1. The van der Waals surface area contributed by atoms with Gasteiger partial charge >= 0.3 is 0 Å². The van der Waals surface area contributed by atoms with Crippen LogP contribution in [0.2, 0.25) is 0 Å². The summed E-state index contributed by atoms with van der Waals surface area (Å²) in [5.74, 6) is 0. The first-order valence-electron chi connectivity index (χ1n) is 2.94. The summed E-state index contributed by atoms with van der Waals surface area (Å²) < 4.78 is 0. The molecule has 0 N–H and O–H groups in total. The largest absolute Gasteiger partial charge is 0.0864 e. The first-order chi connectivity index (χ1) is 4.43. The quantitative estimate of drug-likeness (QED) is 0.626. The Bertz CT molecular complexity index is 189. The summed E-state index contributed by atoms with van der Waals surface area (Å²) in [7, 11) is 0. The molecule has 0 radical (unpaired) electrons. The van der Waals surface area contributed by atoms with Gasteiger partial charge in [-0.05, 0) is 19.1 Å². The van der Waals surface area contributed by atoms with Gasteiger partial charge in [-0.25, -0.2) is 0 Å². The Balaban J connectivity index is 0.000000810. The van der Waals surface area contributed by atoms with Crippen molar-refractivity contribution in [3.63, 3.8) is 0 Å². The van der Waals surface area contributed by atoms with Gasteiger partial charge in [0.1, 0.15) is 0 Å². The van der Waals surface area contributed by atoms with Crippen molar-refractivity contribution < 1.29 is 21.1 Å². The van der Waals surface area contributed by atoms with Crippen LogP contribution in [0.5, 0.6) is 0 Å². The first kappa shape index (κ1) is 9.47. The van der Waals surface area contributed by atoms with Crippen LogP contribution in [0.15, 0.2) is 24.3 Å². The molecule has 0 aliphatic rings. The zero-order valence-electron chi connectivity index (χ0n) is 5.79. The van der Waals surface area contributed by atoms with Gasteiger partial charge in [-0.2, -0.15) is 0 Å². The predicted molar refractivity (Wildman–Crippen MR) is 38.8 cm³/mol. The molecular weight excluding hydrogens is 204 g/mol. The zero-order valence-corrected chi connectivity index (χ0v) is 7.80. The molecule has 0 bridgehead atoms. The Morgan fingerprint density at radius 1 is 1.50 bits per heavy atom. The molecule has 1 heteroatoms. The van der Waals surface area contributed by atoms with Crippen molar-refractivity contribution in [2.24, 2.45) is 0 Å². The Labute approximate surface area is 76.2 Å². The third kappa shape index (κ3) is 2.85. The fraction of sp³-hybridized carbons (Fsp3) is 0.111. The molecule has 0 atom stereocenters. The normalized spacial score (nSPS) is 8.50. The molecule has 1 aromatic carbocycles. The number of allylic oxidation sites excluding steroid dienone is 1. The molecule has 0 unspecified atom stereocenters. The van der Waals surface area contributed by atoms with Crippen molar-refractivity contribution in [3.8, 4) is 0 Å². The smallest absolute Gasteiger partial charge is 0.0245 e. The molecule has 0 fully saturated rings. The molecule has 0 nitrogen and oxygen atoms in total. The molecule has 50 valence electrons. The van der Waals surface area contributed by atoms with Gasteiger partial charge in [-0.1, -0.05) is 30.4 Å². The van der Waals surface area contributed by atoms with E-state index < -0.39 is 0 Å². The molecule has 0 amide bonds. The average molecular weight is 212 g/mol. The van der Waals surface area contributed by atoms with Crippen LogP contribution in [0, 0.1) is 12.1 Å². The Morgan fingerprint density at radius 3 is 2.80 bits per heavy atom. The maximum absolute atomic E-state index is 2.96. The summed E-state index contributed by atoms with van der Waals surface area (Å²) in [4.78, 5) is 0. The van der Waals surface area contributed by atoms with Gasteiger partial charge in [0, 0.05) is 26.6 Å². The van der Waals surface area contributed by atoms with Gasteiger partial charge in [0.05, 0.1) is 0 Å². The van der Waals surface area contributed by atoms with E-state index in [-0.39, 0.29) is 21.1 Å². The van der Waals surface area contributed by atoms with Crippen LogP contribution >= 0.6 is 0 Å². The zero-order chi connectivity index (χ0) is 6.53. The minimum atomic E-state index is 0. The van der Waals surface area contributed by atoms with Crippen molar-refractivity contribution >= 4 is 6.08 Å². The second kappa shape index (κ2) is 5.27. The Hall–Kier alpha value is -0.532. The Kier molecular flexibility index (Phi) is 4.99. The minimum Gasteiger partial charge on any atom is -0.0864 e. The predicted octanol–water partition coefficient (Wildman–Crippen LogP) is 2.32. The summed E-state index contributed by atoms with van der Waals surface area (Å²) >= 11 is 0. The van der Waals surface area contributed by atoms with Gasteiger partial charge in [-0.15, -0.1) is 0 Å². The molecule has 0 saturated carbocycles. The summed E-state index contributed by atoms with van der Waals surface area (Å²) in [5, 5.41) is 0. The number of hydrogen-bond acceptors (Lipinski definition) is 0. The van der Waals surface area contributed by atoms with Crippen LogP contribution in [0.25, 0.3) is 6.08 Å². The summed E-state index contributed by atoms with van der Waals surface area (Å²) in [6.07, 6.45) is 3.98. The first-order valence-corrected chi connectivity index (χ1v) is 2.94. The van der Waals surface area contributed by atoms with Gasteiger partial charge < -0.3 is 0 Å². The molecule has 10 heavy (non-hydrogen) atoms. The monoisotopic (exact) mass is 214 g/mol. The van der Waals surface area contributed by atoms with Crippen molar-refractivity contribution in [2.45, 2.75) is 6.92 Å². The van der Waals surface area contributed by atoms with E-state index in [4.69, 9.17) is 0 Å². The molecule has 0 aromatic heterocycles. The molecule has 0 aliphatic carbocycles. The molecule has 1 aromatic rings. The third-order valence-electron chi connectivity index (χ3n) is 1.02. The van der Waals surface area contributed by atoms with Crippen LogP contribution in [-0.4, -0.2) is 0 Å². The van der Waals surface area contributed by atoms with E-state index in [9.17, 15) is 0 Å². The second-order valence-corrected chi connectivity index (χ2v) is 1.75. The van der Waals surface area contributed by atoms with E-state index in [0.29, 0.717) is 0 Å². The topological polar surface area (TPSA) is 0 Å². The third-order valence-corrected chi connectivity index (χ3v) is 1.02. The van der Waals surface area contributed by atoms with E-state index in [2.05, 4.69) is 12.1 Å². The molecule has 0 spiro atoms. The summed E-state index contributed by atoms with van der Waals surface area (Å²) in [6.45, 7) is 1.99. The fourth-order valence-electron chi connectivity index (χ4n) is 0.643. The molecule has 0 saturated heterocycles. The fourth-order valence-corrected chi connectivity index (χ4v) is 0.643. The van der Waals surface area contributed by atoms with E-state index >= 15 is 0 Å².